The van der Waals surface area contributed by atoms with E-state index < -0.39 is 17.4 Å². The molecule has 182 valence electrons. The molecule has 0 saturated carbocycles. The molecule has 0 bridgehead atoms. The number of carbonyl (C=O) groups is 2. The summed E-state index contributed by atoms with van der Waals surface area (Å²) in [7, 11) is 0. The molecular formula is C25H33N5O4. The molecule has 1 fully saturated rings. The van der Waals surface area contributed by atoms with Gasteiger partial charge in [0, 0.05) is 61.6 Å². The minimum absolute atomic E-state index is 0.0336. The van der Waals surface area contributed by atoms with Crippen molar-refractivity contribution in [3.8, 4) is 0 Å². The molecular weight excluding hydrogens is 434 g/mol. The monoisotopic (exact) mass is 467 g/mol. The summed E-state index contributed by atoms with van der Waals surface area (Å²) in [5.41, 5.74) is 0.834. The van der Waals surface area contributed by atoms with Crippen molar-refractivity contribution in [2.45, 2.75) is 64.0 Å². The van der Waals surface area contributed by atoms with Crippen molar-refractivity contribution in [1.82, 2.24) is 15.0 Å². The lowest BCUT2D eigenvalue weighted by atomic mass is 9.82. The fraction of sp³-hybridized carbons (Fsp3) is 0.520. The molecule has 9 heteroatoms. The predicted molar refractivity (Wildman–Crippen MR) is 128 cm³/mol. The van der Waals surface area contributed by atoms with Gasteiger partial charge >= 0.3 is 0 Å². The third kappa shape index (κ3) is 4.90. The van der Waals surface area contributed by atoms with Crippen LogP contribution in [-0.2, 0) is 28.2 Å². The topological polar surface area (TPSA) is 121 Å². The van der Waals surface area contributed by atoms with Gasteiger partial charge in [-0.15, -0.1) is 5.10 Å². The Morgan fingerprint density at radius 2 is 2.06 bits per heavy atom. The van der Waals surface area contributed by atoms with E-state index in [2.05, 4.69) is 15.6 Å². The first-order valence-electron chi connectivity index (χ1n) is 12.1. The zero-order valence-corrected chi connectivity index (χ0v) is 19.6. The molecule has 2 aliphatic rings. The van der Waals surface area contributed by atoms with Crippen LogP contribution in [-0.4, -0.2) is 50.2 Å². The normalized spacial score (nSPS) is 21.9. The average molecular weight is 468 g/mol. The number of nitrogens with zero attached hydrogens (tertiary/aromatic N) is 4. The highest BCUT2D eigenvalue weighted by Gasteiger charge is 2.48. The minimum Gasteiger partial charge on any atom is -0.396 e. The fourth-order valence-corrected chi connectivity index (χ4v) is 4.67. The molecule has 1 aromatic carbocycles. The second-order valence-electron chi connectivity index (χ2n) is 9.11. The van der Waals surface area contributed by atoms with E-state index in [0.717, 1.165) is 37.1 Å². The maximum absolute atomic E-state index is 12.8. The van der Waals surface area contributed by atoms with Gasteiger partial charge in [-0.2, -0.15) is 0 Å². The summed E-state index contributed by atoms with van der Waals surface area (Å²) < 4.78 is 1.71. The number of hydrogen-bond donors (Lipinski definition) is 3. The second kappa shape index (κ2) is 10.5. The number of aliphatic hydroxyl groups is 2. The molecule has 0 spiro atoms. The van der Waals surface area contributed by atoms with Gasteiger partial charge in [0.1, 0.15) is 0 Å². The first-order chi connectivity index (χ1) is 16.4. The number of carbonyl (C=O) groups excluding carboxylic acids is 2. The van der Waals surface area contributed by atoms with E-state index in [1.807, 2.05) is 25.1 Å². The molecule has 3 N–H and O–H groups in total. The Hall–Kier alpha value is -3.04. The molecule has 2 amide bonds. The number of aliphatic hydroxyl groups excluding tert-OH is 1. The van der Waals surface area contributed by atoms with E-state index in [4.69, 9.17) is 5.11 Å². The number of rotatable bonds is 8. The zero-order valence-electron chi connectivity index (χ0n) is 19.6. The lowest BCUT2D eigenvalue weighted by Crippen LogP contribution is -2.40. The summed E-state index contributed by atoms with van der Waals surface area (Å²) in [5.74, 6) is -0.850. The molecule has 1 aromatic heterocycles. The van der Waals surface area contributed by atoms with Crippen LogP contribution in [0.15, 0.2) is 36.5 Å². The molecule has 9 nitrogen and oxygen atoms in total. The summed E-state index contributed by atoms with van der Waals surface area (Å²) in [5, 5.41) is 31.3. The number of hydrogen-bond acceptors (Lipinski definition) is 6. The highest BCUT2D eigenvalue weighted by molar-refractivity contribution is 6.06. The zero-order chi connectivity index (χ0) is 24.1. The van der Waals surface area contributed by atoms with Gasteiger partial charge in [-0.05, 0) is 37.5 Å². The summed E-state index contributed by atoms with van der Waals surface area (Å²) in [6.07, 6.45) is 11.2. The lowest BCUT2D eigenvalue weighted by Gasteiger charge is -2.29. The number of allylic oxidation sites excluding steroid dienone is 1. The molecule has 2 aliphatic heterocycles. The van der Waals surface area contributed by atoms with Crippen LogP contribution >= 0.6 is 0 Å². The Kier molecular flexibility index (Phi) is 7.43. The van der Waals surface area contributed by atoms with Gasteiger partial charge in [0.05, 0.1) is 5.69 Å². The van der Waals surface area contributed by atoms with Crippen molar-refractivity contribution in [2.75, 3.05) is 23.4 Å². The summed E-state index contributed by atoms with van der Waals surface area (Å²) in [6.45, 7) is 3.10. The van der Waals surface area contributed by atoms with Crippen LogP contribution in [0.4, 0.5) is 11.4 Å². The van der Waals surface area contributed by atoms with Crippen LogP contribution in [0.2, 0.25) is 0 Å². The van der Waals surface area contributed by atoms with Gasteiger partial charge in [-0.3, -0.25) is 14.3 Å². The Bertz CT molecular complexity index is 1070. The molecule has 0 radical (unpaired) electrons. The van der Waals surface area contributed by atoms with E-state index in [1.54, 1.807) is 27.9 Å². The maximum Gasteiger partial charge on any atom is 0.261 e. The van der Waals surface area contributed by atoms with Crippen molar-refractivity contribution >= 4 is 23.2 Å². The number of benzene rings is 1. The third-order valence-corrected chi connectivity index (χ3v) is 6.71. The second-order valence-corrected chi connectivity index (χ2v) is 9.11. The number of aryl methyl sites for hydroxylation is 1. The van der Waals surface area contributed by atoms with Crippen molar-refractivity contribution in [3.63, 3.8) is 0 Å². The Labute approximate surface area is 199 Å². The number of amides is 2. The van der Waals surface area contributed by atoms with Crippen LogP contribution in [0.25, 0.3) is 0 Å². The highest BCUT2D eigenvalue weighted by Crippen LogP contribution is 2.43. The molecule has 2 aromatic rings. The number of nitrogens with one attached hydrogen (secondary N) is 1. The third-order valence-electron chi connectivity index (χ3n) is 6.71. The smallest absolute Gasteiger partial charge is 0.261 e. The average Bonchev–Trinajstić information content (AvgIpc) is 3.36. The lowest BCUT2D eigenvalue weighted by molar-refractivity contribution is -0.137. The molecule has 0 aliphatic carbocycles. The first kappa shape index (κ1) is 24.1. The summed E-state index contributed by atoms with van der Waals surface area (Å²) in [6, 6.07) is 5.40. The van der Waals surface area contributed by atoms with Gasteiger partial charge < -0.3 is 20.4 Å². The van der Waals surface area contributed by atoms with Crippen molar-refractivity contribution in [2.24, 2.45) is 5.92 Å². The molecule has 2 atom stereocenters. The Balaban J connectivity index is 1.48. The van der Waals surface area contributed by atoms with E-state index in [1.165, 1.54) is 0 Å². The van der Waals surface area contributed by atoms with Crippen LogP contribution in [0, 0.1) is 5.92 Å². The van der Waals surface area contributed by atoms with Crippen LogP contribution in [0.3, 0.4) is 0 Å². The van der Waals surface area contributed by atoms with Gasteiger partial charge in [0.25, 0.3) is 5.91 Å². The summed E-state index contributed by atoms with van der Waals surface area (Å²) in [4.78, 5) is 27.3. The van der Waals surface area contributed by atoms with E-state index in [9.17, 15) is 14.7 Å². The fourth-order valence-electron chi connectivity index (χ4n) is 4.67. The van der Waals surface area contributed by atoms with Crippen molar-refractivity contribution in [1.29, 1.82) is 0 Å². The highest BCUT2D eigenvalue weighted by atomic mass is 16.3. The first-order valence-corrected chi connectivity index (χ1v) is 12.1. The molecule has 1 saturated heterocycles. The van der Waals surface area contributed by atoms with E-state index in [0.29, 0.717) is 43.6 Å². The van der Waals surface area contributed by atoms with E-state index in [-0.39, 0.29) is 12.5 Å². The Morgan fingerprint density at radius 3 is 2.88 bits per heavy atom. The maximum atomic E-state index is 12.8. The minimum atomic E-state index is -1.71. The van der Waals surface area contributed by atoms with Gasteiger partial charge in [-0.1, -0.05) is 37.1 Å². The van der Waals surface area contributed by atoms with Gasteiger partial charge in [0.2, 0.25) is 5.91 Å². The predicted octanol–water partition coefficient (Wildman–Crippen LogP) is 2.53. The van der Waals surface area contributed by atoms with Crippen molar-refractivity contribution < 1.29 is 19.8 Å². The Morgan fingerprint density at radius 1 is 1.24 bits per heavy atom. The number of aromatic nitrogens is 3. The summed E-state index contributed by atoms with van der Waals surface area (Å²) >= 11 is 0. The SMILES string of the molecule is C[C@@H](/C=C/CCn1cc(CCO)nn1)[C@]1(O)C(=O)Nc2ccc(N3CCCCCCC3=O)cc21. The number of fused-ring (bicyclic) bond motifs is 1. The van der Waals surface area contributed by atoms with Crippen LogP contribution < -0.4 is 10.2 Å². The molecule has 34 heavy (non-hydrogen) atoms. The number of anilines is 2. The molecule has 3 heterocycles. The van der Waals surface area contributed by atoms with Crippen molar-refractivity contribution in [3.05, 3.63) is 47.8 Å². The van der Waals surface area contributed by atoms with Gasteiger partial charge in [0.15, 0.2) is 5.60 Å². The largest absolute Gasteiger partial charge is 0.396 e. The standard InChI is InChI=1S/C25H33N5O4/c1-18(8-5-7-13-29-17-19(12-15-31)27-28-29)25(34)21-16-20(10-11-22(21)26-24(25)33)30-14-6-3-2-4-9-23(30)32/h5,8,10-11,16-18,31,34H,2-4,6-7,9,12-15H2,1H3,(H,26,33)/b8-5+/t18-,25+/m0/s1. The molecule has 0 unspecified atom stereocenters. The van der Waals surface area contributed by atoms with Crippen LogP contribution in [0.5, 0.6) is 0 Å². The van der Waals surface area contributed by atoms with Gasteiger partial charge in [-0.25, -0.2) is 0 Å². The quantitative estimate of drug-likeness (QED) is 0.513. The molecule has 4 rings (SSSR count). The van der Waals surface area contributed by atoms with E-state index >= 15 is 0 Å². The van der Waals surface area contributed by atoms with Crippen LogP contribution in [0.1, 0.15) is 56.7 Å².